The molecule has 3 rings (SSSR count). The number of aryl methyl sites for hydroxylation is 3. The van der Waals surface area contributed by atoms with Gasteiger partial charge >= 0.3 is 6.03 Å². The van der Waals surface area contributed by atoms with Crippen LogP contribution in [0.4, 0.5) is 16.2 Å². The third-order valence-corrected chi connectivity index (χ3v) is 4.39. The average Bonchev–Trinajstić information content (AvgIpc) is 2.60. The molecule has 0 atom stereocenters. The number of benzene rings is 2. The topological polar surface area (TPSA) is 110 Å². The quantitative estimate of drug-likeness (QED) is 0.381. The molecule has 0 unspecified atom stereocenters. The van der Waals surface area contributed by atoms with Crippen LogP contribution in [0.2, 0.25) is 0 Å². The van der Waals surface area contributed by atoms with Crippen molar-refractivity contribution in [1.82, 2.24) is 5.32 Å². The van der Waals surface area contributed by atoms with E-state index in [4.69, 9.17) is 0 Å². The van der Waals surface area contributed by atoms with Gasteiger partial charge in [-0.2, -0.15) is 0 Å². The summed E-state index contributed by atoms with van der Waals surface area (Å²) >= 11 is 0. The van der Waals surface area contributed by atoms with E-state index < -0.39 is 22.8 Å². The van der Waals surface area contributed by atoms with Crippen LogP contribution in [0.15, 0.2) is 42.0 Å². The molecular weight excluding hydrogens is 362 g/mol. The van der Waals surface area contributed by atoms with Crippen molar-refractivity contribution in [2.24, 2.45) is 0 Å². The number of amides is 4. The summed E-state index contributed by atoms with van der Waals surface area (Å²) in [5, 5.41) is 13.3. The van der Waals surface area contributed by atoms with Gasteiger partial charge in [-0.1, -0.05) is 29.8 Å². The number of carbonyl (C=O) groups excluding carboxylic acids is 3. The minimum Gasteiger partial charge on any atom is -0.273 e. The Kier molecular flexibility index (Phi) is 4.79. The van der Waals surface area contributed by atoms with E-state index in [-0.39, 0.29) is 16.8 Å². The molecule has 2 aromatic rings. The first-order valence-electron chi connectivity index (χ1n) is 8.43. The Morgan fingerprint density at radius 3 is 2.25 bits per heavy atom. The Hall–Kier alpha value is -3.81. The highest BCUT2D eigenvalue weighted by atomic mass is 16.6. The molecule has 28 heavy (non-hydrogen) atoms. The van der Waals surface area contributed by atoms with Crippen molar-refractivity contribution in [3.63, 3.8) is 0 Å². The van der Waals surface area contributed by atoms with Crippen molar-refractivity contribution in [2.75, 3.05) is 4.90 Å². The third kappa shape index (κ3) is 3.27. The number of hydrogen-bond acceptors (Lipinski definition) is 5. The van der Waals surface area contributed by atoms with Crippen LogP contribution in [0.1, 0.15) is 22.3 Å². The van der Waals surface area contributed by atoms with Gasteiger partial charge in [0.1, 0.15) is 5.57 Å². The van der Waals surface area contributed by atoms with E-state index in [1.165, 1.54) is 18.2 Å². The molecular formula is C20H17N3O5. The number of nitrogens with one attached hydrogen (secondary N) is 1. The summed E-state index contributed by atoms with van der Waals surface area (Å²) in [6.07, 6.45) is 1.13. The molecule has 0 aromatic heterocycles. The van der Waals surface area contributed by atoms with Crippen LogP contribution in [-0.2, 0) is 9.59 Å². The Bertz CT molecular complexity index is 1050. The summed E-state index contributed by atoms with van der Waals surface area (Å²) in [6.45, 7) is 5.42. The van der Waals surface area contributed by atoms with Crippen molar-refractivity contribution in [1.29, 1.82) is 0 Å². The van der Waals surface area contributed by atoms with E-state index in [0.717, 1.165) is 16.5 Å². The van der Waals surface area contributed by atoms with Crippen LogP contribution >= 0.6 is 0 Å². The molecule has 1 aliphatic rings. The fourth-order valence-electron chi connectivity index (χ4n) is 3.32. The zero-order valence-corrected chi connectivity index (χ0v) is 15.5. The molecule has 1 N–H and O–H groups in total. The zero-order chi connectivity index (χ0) is 20.6. The van der Waals surface area contributed by atoms with Gasteiger partial charge in [0.25, 0.3) is 17.5 Å². The molecule has 0 aliphatic carbocycles. The van der Waals surface area contributed by atoms with Crippen LogP contribution in [0, 0.1) is 30.9 Å². The van der Waals surface area contributed by atoms with Crippen LogP contribution in [0.25, 0.3) is 6.08 Å². The first-order chi connectivity index (χ1) is 13.2. The first-order valence-corrected chi connectivity index (χ1v) is 8.43. The number of para-hydroxylation sites is 1. The van der Waals surface area contributed by atoms with Gasteiger partial charge < -0.3 is 0 Å². The second-order valence-corrected chi connectivity index (χ2v) is 6.52. The summed E-state index contributed by atoms with van der Waals surface area (Å²) in [7, 11) is 0. The number of rotatable bonds is 3. The summed E-state index contributed by atoms with van der Waals surface area (Å²) in [6, 6.07) is 8.53. The largest absolute Gasteiger partial charge is 0.335 e. The minimum atomic E-state index is -0.896. The number of barbiturate groups is 1. The highest BCUT2D eigenvalue weighted by Crippen LogP contribution is 2.30. The number of hydrogen-bond donors (Lipinski definition) is 1. The smallest absolute Gasteiger partial charge is 0.273 e. The molecule has 4 amide bonds. The van der Waals surface area contributed by atoms with E-state index in [1.54, 1.807) is 19.9 Å². The predicted octanol–water partition coefficient (Wildman–Crippen LogP) is 3.19. The standard InChI is InChI=1S/C20H17N3O5/c1-11-8-12(2)17(13(3)9-11)22-19(25)15(18(24)21-20(22)26)10-14-6-4-5-7-16(14)23(27)28/h4-10H,1-3H3,(H,21,24,26)/b15-10+. The van der Waals surface area contributed by atoms with Gasteiger partial charge in [0, 0.05) is 6.07 Å². The van der Waals surface area contributed by atoms with Crippen molar-refractivity contribution >= 4 is 35.3 Å². The highest BCUT2D eigenvalue weighted by Gasteiger charge is 2.38. The van der Waals surface area contributed by atoms with Gasteiger partial charge in [0.05, 0.1) is 16.2 Å². The normalized spacial score (nSPS) is 15.8. The molecule has 0 radical (unpaired) electrons. The van der Waals surface area contributed by atoms with E-state index in [1.807, 2.05) is 19.1 Å². The number of anilines is 1. The molecule has 0 saturated carbocycles. The number of urea groups is 1. The summed E-state index contributed by atoms with van der Waals surface area (Å²) in [4.78, 5) is 49.2. The Morgan fingerprint density at radius 2 is 1.64 bits per heavy atom. The summed E-state index contributed by atoms with van der Waals surface area (Å²) in [5.41, 5.74) is 2.23. The van der Waals surface area contributed by atoms with Crippen molar-refractivity contribution in [2.45, 2.75) is 20.8 Å². The Balaban J connectivity index is 2.14. The lowest BCUT2D eigenvalue weighted by molar-refractivity contribution is -0.385. The maximum atomic E-state index is 13.0. The van der Waals surface area contributed by atoms with Gasteiger partial charge in [-0.25, -0.2) is 9.69 Å². The van der Waals surface area contributed by atoms with Gasteiger partial charge in [-0.15, -0.1) is 0 Å². The molecule has 142 valence electrons. The molecule has 1 aliphatic heterocycles. The van der Waals surface area contributed by atoms with Crippen molar-refractivity contribution in [3.05, 3.63) is 74.3 Å². The molecule has 0 bridgehead atoms. The van der Waals surface area contributed by atoms with Crippen LogP contribution in [0.5, 0.6) is 0 Å². The second kappa shape index (κ2) is 7.07. The SMILES string of the molecule is Cc1cc(C)c(N2C(=O)NC(=O)/C(=C\c3ccccc3[N+](=O)[O-])C2=O)c(C)c1. The number of imide groups is 2. The lowest BCUT2D eigenvalue weighted by Gasteiger charge is -2.29. The molecule has 1 saturated heterocycles. The molecule has 8 heteroatoms. The van der Waals surface area contributed by atoms with E-state index in [2.05, 4.69) is 5.32 Å². The fourth-order valence-corrected chi connectivity index (χ4v) is 3.32. The number of nitro groups is 1. The highest BCUT2D eigenvalue weighted by molar-refractivity contribution is 6.39. The maximum Gasteiger partial charge on any atom is 0.335 e. The van der Waals surface area contributed by atoms with E-state index >= 15 is 0 Å². The number of nitro benzene ring substituents is 1. The average molecular weight is 379 g/mol. The van der Waals surface area contributed by atoms with Crippen LogP contribution < -0.4 is 10.2 Å². The summed E-state index contributed by atoms with van der Waals surface area (Å²) in [5.74, 6) is -1.73. The van der Waals surface area contributed by atoms with Crippen LogP contribution in [-0.4, -0.2) is 22.8 Å². The summed E-state index contributed by atoms with van der Waals surface area (Å²) < 4.78 is 0. The monoisotopic (exact) mass is 379 g/mol. The fraction of sp³-hybridized carbons (Fsp3) is 0.150. The lowest BCUT2D eigenvalue weighted by atomic mass is 10.0. The van der Waals surface area contributed by atoms with Crippen molar-refractivity contribution in [3.8, 4) is 0 Å². The second-order valence-electron chi connectivity index (χ2n) is 6.52. The zero-order valence-electron chi connectivity index (χ0n) is 15.5. The van der Waals surface area contributed by atoms with Gasteiger partial charge in [0.15, 0.2) is 0 Å². The Labute approximate surface area is 160 Å². The van der Waals surface area contributed by atoms with E-state index in [0.29, 0.717) is 16.8 Å². The molecule has 8 nitrogen and oxygen atoms in total. The van der Waals surface area contributed by atoms with Crippen molar-refractivity contribution < 1.29 is 19.3 Å². The van der Waals surface area contributed by atoms with Crippen LogP contribution in [0.3, 0.4) is 0 Å². The maximum absolute atomic E-state index is 13.0. The third-order valence-electron chi connectivity index (χ3n) is 4.39. The molecule has 1 fully saturated rings. The molecule has 1 heterocycles. The lowest BCUT2D eigenvalue weighted by Crippen LogP contribution is -2.54. The van der Waals surface area contributed by atoms with E-state index in [9.17, 15) is 24.5 Å². The first kappa shape index (κ1) is 19.0. The van der Waals surface area contributed by atoms with Gasteiger partial charge in [-0.3, -0.25) is 25.0 Å². The Morgan fingerprint density at radius 1 is 1.04 bits per heavy atom. The number of nitrogens with zero attached hydrogens (tertiary/aromatic N) is 2. The van der Waals surface area contributed by atoms with Gasteiger partial charge in [-0.05, 0) is 44.0 Å². The number of carbonyl (C=O) groups is 3. The van der Waals surface area contributed by atoms with Gasteiger partial charge in [0.2, 0.25) is 0 Å². The molecule has 0 spiro atoms. The molecule has 2 aromatic carbocycles. The predicted molar refractivity (Wildman–Crippen MR) is 103 cm³/mol. The minimum absolute atomic E-state index is 0.0950.